The van der Waals surface area contributed by atoms with Crippen molar-refractivity contribution in [3.63, 3.8) is 0 Å². The van der Waals surface area contributed by atoms with E-state index >= 15 is 0 Å². The van der Waals surface area contributed by atoms with Crippen LogP contribution in [0.15, 0.2) is 23.2 Å². The topological polar surface area (TPSA) is 81.4 Å². The number of nitrogens with zero attached hydrogens (tertiary/aromatic N) is 2. The second kappa shape index (κ2) is 9.18. The third kappa shape index (κ3) is 4.51. The number of aromatic nitrogens is 1. The number of thioether (sulfide) groups is 1. The van der Waals surface area contributed by atoms with Gasteiger partial charge < -0.3 is 14.2 Å². The normalized spacial score (nSPS) is 12.8. The van der Waals surface area contributed by atoms with Gasteiger partial charge in [0.2, 0.25) is 0 Å². The molecule has 2 heterocycles. The fraction of sp³-hybridized carbons (Fsp3) is 0.350. The van der Waals surface area contributed by atoms with Gasteiger partial charge in [0.1, 0.15) is 11.1 Å². The number of hydrogen-bond donors (Lipinski definition) is 0. The number of carbonyl (C=O) groups excluding carboxylic acids is 1. The molecule has 8 heteroatoms. The van der Waals surface area contributed by atoms with Crippen molar-refractivity contribution < 1.29 is 19.0 Å². The minimum Gasteiger partial charge on any atom is -0.489 e. The number of benzene rings is 1. The first-order valence-corrected chi connectivity index (χ1v) is 10.2. The van der Waals surface area contributed by atoms with Gasteiger partial charge in [-0.05, 0) is 37.6 Å². The average Bonchev–Trinajstić information content (AvgIpc) is 2.92. The maximum absolute atomic E-state index is 12.0. The number of fused-ring (bicyclic) bond motifs is 1. The number of rotatable bonds is 5. The van der Waals surface area contributed by atoms with Crippen LogP contribution < -0.4 is 9.47 Å². The molecule has 0 fully saturated rings. The lowest BCUT2D eigenvalue weighted by molar-refractivity contribution is 0.0524. The summed E-state index contributed by atoms with van der Waals surface area (Å²) in [6.45, 7) is 4.87. The first-order valence-electron chi connectivity index (χ1n) is 8.83. The van der Waals surface area contributed by atoms with E-state index in [4.69, 9.17) is 25.8 Å². The van der Waals surface area contributed by atoms with Crippen LogP contribution in [0.1, 0.15) is 40.5 Å². The maximum Gasteiger partial charge on any atom is 0.340 e. The summed E-state index contributed by atoms with van der Waals surface area (Å²) < 4.78 is 16.4. The molecular formula is C20H19ClN2O4S. The highest BCUT2D eigenvalue weighted by molar-refractivity contribution is 7.98. The molecule has 0 aliphatic carbocycles. The summed E-state index contributed by atoms with van der Waals surface area (Å²) in [6, 6.07) is 7.36. The van der Waals surface area contributed by atoms with E-state index in [0.29, 0.717) is 57.3 Å². The molecule has 146 valence electrons. The molecule has 0 atom stereocenters. The number of hydrogen-bond acceptors (Lipinski definition) is 7. The molecule has 0 radical (unpaired) electrons. The Labute approximate surface area is 172 Å². The average molecular weight is 419 g/mol. The predicted molar refractivity (Wildman–Crippen MR) is 106 cm³/mol. The molecule has 0 saturated carbocycles. The summed E-state index contributed by atoms with van der Waals surface area (Å²) in [5, 5.41) is 10.5. The smallest absolute Gasteiger partial charge is 0.340 e. The minimum absolute atomic E-state index is 0.265. The Kier molecular flexibility index (Phi) is 6.65. The van der Waals surface area contributed by atoms with Gasteiger partial charge in [-0.15, -0.1) is 11.8 Å². The van der Waals surface area contributed by atoms with Crippen molar-refractivity contribution in [1.82, 2.24) is 4.98 Å². The van der Waals surface area contributed by atoms with Crippen LogP contribution in [-0.2, 0) is 10.5 Å². The Balaban J connectivity index is 1.82. The zero-order chi connectivity index (χ0) is 20.1. The molecule has 1 aromatic heterocycles. The van der Waals surface area contributed by atoms with E-state index in [0.717, 1.165) is 12.0 Å². The van der Waals surface area contributed by atoms with E-state index in [1.165, 1.54) is 17.8 Å². The molecule has 0 unspecified atom stereocenters. The molecule has 3 rings (SSSR count). The third-order valence-electron chi connectivity index (χ3n) is 4.03. The zero-order valence-electron chi connectivity index (χ0n) is 15.6. The molecule has 1 aliphatic heterocycles. The summed E-state index contributed by atoms with van der Waals surface area (Å²) in [4.78, 5) is 16.4. The molecule has 1 aliphatic rings. The SMILES string of the molecule is CCOC(=O)c1cc(C#N)c(SCc2cc(Cl)c3c(c2)OCCCO3)nc1C. The Bertz CT molecular complexity index is 943. The molecule has 6 nitrogen and oxygen atoms in total. The number of carbonyl (C=O) groups is 1. The quantitative estimate of drug-likeness (QED) is 0.520. The van der Waals surface area contributed by atoms with Crippen molar-refractivity contribution in [2.24, 2.45) is 0 Å². The van der Waals surface area contributed by atoms with Gasteiger partial charge in [-0.1, -0.05) is 11.6 Å². The summed E-state index contributed by atoms with van der Waals surface area (Å²) in [6.07, 6.45) is 0.802. The van der Waals surface area contributed by atoms with E-state index in [1.807, 2.05) is 12.1 Å². The van der Waals surface area contributed by atoms with Crippen LogP contribution in [0.4, 0.5) is 0 Å². The second-order valence-corrected chi connectivity index (χ2v) is 7.42. The van der Waals surface area contributed by atoms with Crippen molar-refractivity contribution in [2.75, 3.05) is 19.8 Å². The summed E-state index contributed by atoms with van der Waals surface area (Å²) in [5.74, 6) is 1.26. The number of ether oxygens (including phenoxy) is 3. The van der Waals surface area contributed by atoms with Crippen LogP contribution >= 0.6 is 23.4 Å². The Morgan fingerprint density at radius 1 is 1.36 bits per heavy atom. The van der Waals surface area contributed by atoms with Gasteiger partial charge in [0, 0.05) is 12.2 Å². The Morgan fingerprint density at radius 2 is 2.14 bits per heavy atom. The molecule has 2 aromatic rings. The van der Waals surface area contributed by atoms with E-state index < -0.39 is 5.97 Å². The van der Waals surface area contributed by atoms with Gasteiger partial charge in [-0.3, -0.25) is 0 Å². The number of aryl methyl sites for hydroxylation is 1. The van der Waals surface area contributed by atoms with Crippen molar-refractivity contribution >= 4 is 29.3 Å². The molecule has 0 N–H and O–H groups in total. The van der Waals surface area contributed by atoms with Crippen molar-refractivity contribution in [2.45, 2.75) is 31.0 Å². The lowest BCUT2D eigenvalue weighted by atomic mass is 10.1. The van der Waals surface area contributed by atoms with E-state index in [9.17, 15) is 10.1 Å². The van der Waals surface area contributed by atoms with Crippen LogP contribution in [0, 0.1) is 18.3 Å². The first kappa shape index (κ1) is 20.3. The number of halogens is 1. The highest BCUT2D eigenvalue weighted by Gasteiger charge is 2.18. The van der Waals surface area contributed by atoms with E-state index in [1.54, 1.807) is 13.8 Å². The van der Waals surface area contributed by atoms with E-state index in [2.05, 4.69) is 11.1 Å². The maximum atomic E-state index is 12.0. The van der Waals surface area contributed by atoms with Crippen LogP contribution in [-0.4, -0.2) is 30.8 Å². The fourth-order valence-corrected chi connectivity index (χ4v) is 3.93. The van der Waals surface area contributed by atoms with E-state index in [-0.39, 0.29) is 6.61 Å². The lowest BCUT2D eigenvalue weighted by Crippen LogP contribution is -2.09. The van der Waals surface area contributed by atoms with Crippen molar-refractivity contribution in [3.8, 4) is 17.6 Å². The zero-order valence-corrected chi connectivity index (χ0v) is 17.2. The highest BCUT2D eigenvalue weighted by atomic mass is 35.5. The molecule has 1 aromatic carbocycles. The van der Waals surface area contributed by atoms with Crippen molar-refractivity contribution in [1.29, 1.82) is 5.26 Å². The number of nitriles is 1. The van der Waals surface area contributed by atoms with Gasteiger partial charge in [-0.25, -0.2) is 9.78 Å². The lowest BCUT2D eigenvalue weighted by Gasteiger charge is -2.12. The third-order valence-corrected chi connectivity index (χ3v) is 5.37. The molecule has 28 heavy (non-hydrogen) atoms. The van der Waals surface area contributed by atoms with Gasteiger partial charge >= 0.3 is 5.97 Å². The minimum atomic E-state index is -0.477. The molecule has 0 bridgehead atoms. The molecule has 0 spiro atoms. The fourth-order valence-electron chi connectivity index (χ4n) is 2.71. The van der Waals surface area contributed by atoms with Gasteiger partial charge in [0.05, 0.1) is 41.7 Å². The molecule has 0 saturated heterocycles. The Morgan fingerprint density at radius 3 is 2.89 bits per heavy atom. The summed E-state index contributed by atoms with van der Waals surface area (Å²) in [7, 11) is 0. The number of pyridine rings is 1. The number of esters is 1. The van der Waals surface area contributed by atoms with Crippen molar-refractivity contribution in [3.05, 3.63) is 45.6 Å². The highest BCUT2D eigenvalue weighted by Crippen LogP contribution is 2.39. The van der Waals surface area contributed by atoms with Crippen LogP contribution in [0.25, 0.3) is 0 Å². The van der Waals surface area contributed by atoms with Gasteiger partial charge in [0.25, 0.3) is 0 Å². The van der Waals surface area contributed by atoms with Crippen LogP contribution in [0.3, 0.4) is 0 Å². The van der Waals surface area contributed by atoms with Gasteiger partial charge in [-0.2, -0.15) is 5.26 Å². The predicted octanol–water partition coefficient (Wildman–Crippen LogP) is 4.55. The molecular weight excluding hydrogens is 400 g/mol. The Hall–Kier alpha value is -2.43. The monoisotopic (exact) mass is 418 g/mol. The molecule has 0 amide bonds. The first-order chi connectivity index (χ1) is 13.5. The summed E-state index contributed by atoms with van der Waals surface area (Å²) >= 11 is 7.73. The standard InChI is InChI=1S/C20H19ClN2O4S/c1-3-25-20(24)15-9-14(10-22)19(23-12(15)2)28-11-13-7-16(21)18-17(8-13)26-5-4-6-27-18/h7-9H,3-6,11H2,1-2H3. The largest absolute Gasteiger partial charge is 0.489 e. The van der Waals surface area contributed by atoms with Gasteiger partial charge in [0.15, 0.2) is 11.5 Å². The van der Waals surface area contributed by atoms with Crippen LogP contribution in [0.2, 0.25) is 5.02 Å². The second-order valence-electron chi connectivity index (χ2n) is 6.05. The van der Waals surface area contributed by atoms with Crippen LogP contribution in [0.5, 0.6) is 11.5 Å². The summed E-state index contributed by atoms with van der Waals surface area (Å²) in [5.41, 5.74) is 2.09.